The molecule has 0 spiro atoms. The van der Waals surface area contributed by atoms with E-state index in [0.717, 1.165) is 6.07 Å². The normalized spacial score (nSPS) is 13.4. The summed E-state index contributed by atoms with van der Waals surface area (Å²) < 4.78 is 54.5. The minimum absolute atomic E-state index is 0.122. The van der Waals surface area contributed by atoms with Crippen molar-refractivity contribution in [1.29, 1.82) is 0 Å². The van der Waals surface area contributed by atoms with Crippen molar-refractivity contribution in [1.82, 2.24) is 5.32 Å². The van der Waals surface area contributed by atoms with Gasteiger partial charge in [-0.1, -0.05) is 12.1 Å². The van der Waals surface area contributed by atoms with Crippen molar-refractivity contribution in [2.24, 2.45) is 0 Å². The van der Waals surface area contributed by atoms with E-state index in [9.17, 15) is 17.6 Å². The van der Waals surface area contributed by atoms with Crippen LogP contribution in [-0.2, 0) is 0 Å². The molecule has 1 N–H and O–H groups in total. The first-order chi connectivity index (χ1) is 8.35. The van der Waals surface area contributed by atoms with Crippen LogP contribution in [0.1, 0.15) is 24.9 Å². The summed E-state index contributed by atoms with van der Waals surface area (Å²) in [6.07, 6.45) is -5.41. The second-order valence-electron chi connectivity index (χ2n) is 3.88. The maximum Gasteiger partial charge on any atom is 0.392 e. The minimum Gasteiger partial charge on any atom is -0.490 e. The van der Waals surface area contributed by atoms with Crippen LogP contribution in [0.4, 0.5) is 17.6 Å². The van der Waals surface area contributed by atoms with Gasteiger partial charge in [-0.2, -0.15) is 13.2 Å². The van der Waals surface area contributed by atoms with Gasteiger partial charge in [0.2, 0.25) is 0 Å². The van der Waals surface area contributed by atoms with Crippen molar-refractivity contribution < 1.29 is 22.3 Å². The third-order valence-electron chi connectivity index (χ3n) is 2.53. The second kappa shape index (κ2) is 6.04. The largest absolute Gasteiger partial charge is 0.490 e. The van der Waals surface area contributed by atoms with E-state index >= 15 is 0 Å². The van der Waals surface area contributed by atoms with Gasteiger partial charge in [0.1, 0.15) is 0 Å². The van der Waals surface area contributed by atoms with E-state index in [0.29, 0.717) is 5.56 Å². The van der Waals surface area contributed by atoms with Crippen LogP contribution in [0, 0.1) is 5.82 Å². The maximum atomic E-state index is 13.5. The number of alkyl halides is 3. The van der Waals surface area contributed by atoms with Crippen molar-refractivity contribution in [2.45, 2.75) is 25.6 Å². The molecule has 0 amide bonds. The summed E-state index contributed by atoms with van der Waals surface area (Å²) in [5.41, 5.74) is 0.500. The molecule has 102 valence electrons. The molecule has 1 atom stereocenters. The zero-order valence-corrected chi connectivity index (χ0v) is 10.1. The molecule has 0 aliphatic carbocycles. The summed E-state index contributed by atoms with van der Waals surface area (Å²) in [7, 11) is 1.68. The molecule has 18 heavy (non-hydrogen) atoms. The lowest BCUT2D eigenvalue weighted by atomic mass is 10.1. The molecular formula is C12H15F4NO. The van der Waals surface area contributed by atoms with Gasteiger partial charge < -0.3 is 10.1 Å². The molecule has 1 unspecified atom stereocenters. The predicted octanol–water partition coefficient (Wildman–Crippen LogP) is 3.44. The number of rotatable bonds is 5. The predicted molar refractivity (Wildman–Crippen MR) is 60.0 cm³/mol. The Bertz CT molecular complexity index is 392. The van der Waals surface area contributed by atoms with Crippen LogP contribution in [0.3, 0.4) is 0 Å². The van der Waals surface area contributed by atoms with E-state index in [1.807, 2.05) is 0 Å². The Kier molecular flexibility index (Phi) is 4.95. The van der Waals surface area contributed by atoms with Crippen LogP contribution in [-0.4, -0.2) is 19.8 Å². The molecular weight excluding hydrogens is 250 g/mol. The van der Waals surface area contributed by atoms with Gasteiger partial charge >= 0.3 is 6.18 Å². The molecule has 0 bridgehead atoms. The van der Waals surface area contributed by atoms with Gasteiger partial charge in [-0.15, -0.1) is 0 Å². The topological polar surface area (TPSA) is 21.3 Å². The average molecular weight is 265 g/mol. The van der Waals surface area contributed by atoms with Crippen LogP contribution in [0.25, 0.3) is 0 Å². The fourth-order valence-electron chi connectivity index (χ4n) is 1.44. The molecule has 0 saturated carbocycles. The SMILES string of the molecule is CNC(C)c1cccc(F)c1OCCC(F)(F)F. The Morgan fingerprint density at radius 3 is 2.56 bits per heavy atom. The van der Waals surface area contributed by atoms with Gasteiger partial charge in [-0.3, -0.25) is 0 Å². The molecule has 6 heteroatoms. The Hall–Kier alpha value is -1.30. The summed E-state index contributed by atoms with van der Waals surface area (Å²) in [6.45, 7) is 1.18. The lowest BCUT2D eigenvalue weighted by Gasteiger charge is -2.17. The molecule has 0 fully saturated rings. The number of ether oxygens (including phenoxy) is 1. The van der Waals surface area contributed by atoms with Gasteiger partial charge in [0.15, 0.2) is 11.6 Å². The Balaban J connectivity index is 2.80. The van der Waals surface area contributed by atoms with Crippen molar-refractivity contribution in [2.75, 3.05) is 13.7 Å². The lowest BCUT2D eigenvalue weighted by Crippen LogP contribution is -2.17. The van der Waals surface area contributed by atoms with Crippen LogP contribution in [0.15, 0.2) is 18.2 Å². The first kappa shape index (κ1) is 14.8. The van der Waals surface area contributed by atoms with E-state index < -0.39 is 25.0 Å². The number of nitrogens with one attached hydrogen (secondary N) is 1. The number of para-hydroxylation sites is 1. The summed E-state index contributed by atoms with van der Waals surface area (Å²) in [4.78, 5) is 0. The molecule has 2 nitrogen and oxygen atoms in total. The van der Waals surface area contributed by atoms with E-state index in [1.54, 1.807) is 20.0 Å². The Morgan fingerprint density at radius 1 is 1.33 bits per heavy atom. The second-order valence-corrected chi connectivity index (χ2v) is 3.88. The van der Waals surface area contributed by atoms with E-state index in [4.69, 9.17) is 4.74 Å². The smallest absolute Gasteiger partial charge is 0.392 e. The molecule has 1 rings (SSSR count). The molecule has 0 aliphatic heterocycles. The Labute approximate surface area is 103 Å². The van der Waals surface area contributed by atoms with Gasteiger partial charge in [-0.25, -0.2) is 4.39 Å². The van der Waals surface area contributed by atoms with Crippen LogP contribution >= 0.6 is 0 Å². The summed E-state index contributed by atoms with van der Waals surface area (Å²) in [6, 6.07) is 4.07. The van der Waals surface area contributed by atoms with Crippen LogP contribution in [0.2, 0.25) is 0 Å². The quantitative estimate of drug-likeness (QED) is 0.823. The first-order valence-corrected chi connectivity index (χ1v) is 5.50. The monoisotopic (exact) mass is 265 g/mol. The highest BCUT2D eigenvalue weighted by Crippen LogP contribution is 2.29. The fraction of sp³-hybridized carbons (Fsp3) is 0.500. The average Bonchev–Trinajstić information content (AvgIpc) is 2.28. The van der Waals surface area contributed by atoms with E-state index in [2.05, 4.69) is 5.32 Å². The highest BCUT2D eigenvalue weighted by molar-refractivity contribution is 5.37. The van der Waals surface area contributed by atoms with Crippen molar-refractivity contribution in [3.63, 3.8) is 0 Å². The minimum atomic E-state index is -4.31. The van der Waals surface area contributed by atoms with Crippen molar-refractivity contribution >= 4 is 0 Å². The standard InChI is InChI=1S/C12H15F4NO/c1-8(17-2)9-4-3-5-10(13)11(9)18-7-6-12(14,15)16/h3-5,8,17H,6-7H2,1-2H3. The molecule has 0 aromatic heterocycles. The molecule has 0 aliphatic rings. The zero-order valence-electron chi connectivity index (χ0n) is 10.1. The summed E-state index contributed by atoms with van der Waals surface area (Å²) >= 11 is 0. The molecule has 0 radical (unpaired) electrons. The summed E-state index contributed by atoms with van der Waals surface area (Å²) in [5, 5.41) is 2.89. The molecule has 1 aromatic rings. The third kappa shape index (κ3) is 4.18. The Morgan fingerprint density at radius 2 is 2.00 bits per heavy atom. The van der Waals surface area contributed by atoms with Gasteiger partial charge in [0, 0.05) is 11.6 Å². The van der Waals surface area contributed by atoms with Crippen molar-refractivity contribution in [3.05, 3.63) is 29.6 Å². The fourth-order valence-corrected chi connectivity index (χ4v) is 1.44. The third-order valence-corrected chi connectivity index (χ3v) is 2.53. The van der Waals surface area contributed by atoms with E-state index in [-0.39, 0.29) is 11.8 Å². The number of hydrogen-bond acceptors (Lipinski definition) is 2. The molecule has 0 heterocycles. The van der Waals surface area contributed by atoms with Crippen LogP contribution in [0.5, 0.6) is 5.75 Å². The van der Waals surface area contributed by atoms with Crippen LogP contribution < -0.4 is 10.1 Å². The number of hydrogen-bond donors (Lipinski definition) is 1. The first-order valence-electron chi connectivity index (χ1n) is 5.50. The van der Waals surface area contributed by atoms with Gasteiger partial charge in [0.25, 0.3) is 0 Å². The number of halogens is 4. The number of benzene rings is 1. The highest BCUT2D eigenvalue weighted by Gasteiger charge is 2.27. The molecule has 1 aromatic carbocycles. The van der Waals surface area contributed by atoms with E-state index in [1.165, 1.54) is 6.07 Å². The highest BCUT2D eigenvalue weighted by atomic mass is 19.4. The zero-order chi connectivity index (χ0) is 13.8. The van der Waals surface area contributed by atoms with Crippen molar-refractivity contribution in [3.8, 4) is 5.75 Å². The maximum absolute atomic E-state index is 13.5. The lowest BCUT2D eigenvalue weighted by molar-refractivity contribution is -0.139. The van der Waals surface area contributed by atoms with Gasteiger partial charge in [-0.05, 0) is 20.0 Å². The molecule has 0 saturated heterocycles. The summed E-state index contributed by atoms with van der Waals surface area (Å²) in [5.74, 6) is -0.777. The van der Waals surface area contributed by atoms with Gasteiger partial charge in [0.05, 0.1) is 13.0 Å².